The van der Waals surface area contributed by atoms with E-state index in [-0.39, 0.29) is 24.2 Å². The standard InChI is InChI=1S/C14H24N6O2/c15-8-4-3-7-12(13(21)9-20-17-10-16-19-20)18-14(22)11-5-1-2-6-11/h10-12H,1-9,15H2,(H,18,22). The number of nitrogens with one attached hydrogen (secondary N) is 1. The number of Topliss-reactive ketones (excluding diaryl/α,β-unsaturated/α-hetero) is 1. The van der Waals surface area contributed by atoms with Gasteiger partial charge in [-0.1, -0.05) is 12.8 Å². The van der Waals surface area contributed by atoms with Gasteiger partial charge in [0.05, 0.1) is 6.04 Å². The molecule has 1 heterocycles. The van der Waals surface area contributed by atoms with Crippen LogP contribution in [0.3, 0.4) is 0 Å². The van der Waals surface area contributed by atoms with Crippen LogP contribution in [0, 0.1) is 5.92 Å². The maximum absolute atomic E-state index is 12.4. The number of hydrogen-bond acceptors (Lipinski definition) is 6. The van der Waals surface area contributed by atoms with Gasteiger partial charge in [0.1, 0.15) is 6.54 Å². The van der Waals surface area contributed by atoms with E-state index < -0.39 is 6.04 Å². The lowest BCUT2D eigenvalue weighted by Crippen LogP contribution is -2.44. The summed E-state index contributed by atoms with van der Waals surface area (Å²) in [5, 5.41) is 14.0. The summed E-state index contributed by atoms with van der Waals surface area (Å²) in [7, 11) is 0. The van der Waals surface area contributed by atoms with Crippen molar-refractivity contribution in [1.29, 1.82) is 0 Å². The molecular formula is C14H24N6O2. The highest BCUT2D eigenvalue weighted by molar-refractivity contribution is 5.89. The Morgan fingerprint density at radius 1 is 1.32 bits per heavy atom. The molecule has 0 radical (unpaired) electrons. The number of tetrazole rings is 1. The minimum absolute atomic E-state index is 0.00449. The van der Waals surface area contributed by atoms with E-state index in [1.165, 1.54) is 11.1 Å². The monoisotopic (exact) mass is 308 g/mol. The van der Waals surface area contributed by atoms with E-state index in [9.17, 15) is 9.59 Å². The van der Waals surface area contributed by atoms with Gasteiger partial charge in [0.15, 0.2) is 12.1 Å². The van der Waals surface area contributed by atoms with Crippen LogP contribution in [0.2, 0.25) is 0 Å². The Labute approximate surface area is 129 Å². The van der Waals surface area contributed by atoms with E-state index >= 15 is 0 Å². The normalized spacial score (nSPS) is 16.6. The molecule has 0 bridgehead atoms. The molecule has 1 aliphatic carbocycles. The Morgan fingerprint density at radius 2 is 2.09 bits per heavy atom. The summed E-state index contributed by atoms with van der Waals surface area (Å²) >= 11 is 0. The Hall–Kier alpha value is -1.83. The minimum Gasteiger partial charge on any atom is -0.346 e. The van der Waals surface area contributed by atoms with Gasteiger partial charge in [-0.2, -0.15) is 4.80 Å². The van der Waals surface area contributed by atoms with Crippen LogP contribution in [-0.4, -0.2) is 44.5 Å². The van der Waals surface area contributed by atoms with Crippen molar-refractivity contribution in [3.8, 4) is 0 Å². The molecule has 8 nitrogen and oxygen atoms in total. The fourth-order valence-corrected chi connectivity index (χ4v) is 2.79. The predicted octanol–water partition coefficient (Wildman–Crippen LogP) is 0.0462. The number of ketones is 1. The van der Waals surface area contributed by atoms with Crippen molar-refractivity contribution < 1.29 is 9.59 Å². The molecule has 0 spiro atoms. The van der Waals surface area contributed by atoms with Gasteiger partial charge >= 0.3 is 0 Å². The number of nitrogens with zero attached hydrogens (tertiary/aromatic N) is 4. The second-order valence-electron chi connectivity index (χ2n) is 5.76. The molecule has 1 amide bonds. The zero-order chi connectivity index (χ0) is 15.8. The van der Waals surface area contributed by atoms with Gasteiger partial charge in [-0.3, -0.25) is 9.59 Å². The van der Waals surface area contributed by atoms with Crippen molar-refractivity contribution in [1.82, 2.24) is 25.5 Å². The third-order valence-electron chi connectivity index (χ3n) is 4.07. The summed E-state index contributed by atoms with van der Waals surface area (Å²) in [5.41, 5.74) is 5.50. The Bertz CT molecular complexity index is 470. The van der Waals surface area contributed by atoms with Crippen molar-refractivity contribution in [2.45, 2.75) is 57.5 Å². The highest BCUT2D eigenvalue weighted by Crippen LogP contribution is 2.25. The third kappa shape index (κ3) is 4.87. The molecule has 1 unspecified atom stereocenters. The van der Waals surface area contributed by atoms with Gasteiger partial charge in [-0.15, -0.1) is 10.2 Å². The Morgan fingerprint density at radius 3 is 2.73 bits per heavy atom. The molecule has 0 saturated heterocycles. The van der Waals surface area contributed by atoms with Gasteiger partial charge in [0.25, 0.3) is 0 Å². The number of hydrogen-bond donors (Lipinski definition) is 2. The molecule has 22 heavy (non-hydrogen) atoms. The zero-order valence-electron chi connectivity index (χ0n) is 12.8. The van der Waals surface area contributed by atoms with Gasteiger partial charge in [-0.25, -0.2) is 0 Å². The first-order valence-corrected chi connectivity index (χ1v) is 7.94. The van der Waals surface area contributed by atoms with Crippen molar-refractivity contribution in [3.63, 3.8) is 0 Å². The highest BCUT2D eigenvalue weighted by atomic mass is 16.2. The van der Waals surface area contributed by atoms with Crippen LogP contribution >= 0.6 is 0 Å². The number of amides is 1. The summed E-state index contributed by atoms with van der Waals surface area (Å²) in [6, 6.07) is -0.495. The summed E-state index contributed by atoms with van der Waals surface area (Å²) in [6.45, 7) is 0.611. The highest BCUT2D eigenvalue weighted by Gasteiger charge is 2.27. The van der Waals surface area contributed by atoms with Crippen molar-refractivity contribution >= 4 is 11.7 Å². The molecule has 0 aromatic carbocycles. The predicted molar refractivity (Wildman–Crippen MR) is 79.6 cm³/mol. The van der Waals surface area contributed by atoms with Gasteiger partial charge in [0, 0.05) is 5.92 Å². The molecule has 8 heteroatoms. The molecule has 1 atom stereocenters. The maximum Gasteiger partial charge on any atom is 0.223 e. The van der Waals surface area contributed by atoms with Crippen LogP contribution < -0.4 is 11.1 Å². The second-order valence-corrected chi connectivity index (χ2v) is 5.76. The van der Waals surface area contributed by atoms with E-state index in [2.05, 4.69) is 20.7 Å². The Kier molecular flexibility index (Phi) is 6.45. The third-order valence-corrected chi connectivity index (χ3v) is 4.07. The molecule has 1 aliphatic rings. The van der Waals surface area contributed by atoms with Gasteiger partial charge in [-0.05, 0) is 43.9 Å². The zero-order valence-corrected chi connectivity index (χ0v) is 12.8. The van der Waals surface area contributed by atoms with E-state index in [4.69, 9.17) is 5.73 Å². The van der Waals surface area contributed by atoms with Crippen LogP contribution in [-0.2, 0) is 16.1 Å². The van der Waals surface area contributed by atoms with E-state index in [1.807, 2.05) is 0 Å². The second kappa shape index (κ2) is 8.57. The SMILES string of the molecule is NCCCCC(NC(=O)C1CCCC1)C(=O)Cn1ncnn1. The van der Waals surface area contributed by atoms with Gasteiger partial charge in [0.2, 0.25) is 5.91 Å². The molecule has 122 valence electrons. The molecule has 1 fully saturated rings. The fourth-order valence-electron chi connectivity index (χ4n) is 2.79. The van der Waals surface area contributed by atoms with Crippen LogP contribution in [0.5, 0.6) is 0 Å². The molecular weight excluding hydrogens is 284 g/mol. The average Bonchev–Trinajstić information content (AvgIpc) is 3.19. The number of unbranched alkanes of at least 4 members (excludes halogenated alkanes) is 1. The number of aromatic nitrogens is 4. The number of carbonyl (C=O) groups is 2. The molecule has 3 N–H and O–H groups in total. The maximum atomic E-state index is 12.4. The first kappa shape index (κ1) is 16.5. The first-order chi connectivity index (χ1) is 10.7. The topological polar surface area (TPSA) is 116 Å². The summed E-state index contributed by atoms with van der Waals surface area (Å²) in [4.78, 5) is 25.9. The molecule has 1 aromatic rings. The first-order valence-electron chi connectivity index (χ1n) is 7.94. The van der Waals surface area contributed by atoms with E-state index in [0.29, 0.717) is 13.0 Å². The lowest BCUT2D eigenvalue weighted by atomic mass is 10.0. The van der Waals surface area contributed by atoms with Crippen LogP contribution in [0.1, 0.15) is 44.9 Å². The van der Waals surface area contributed by atoms with E-state index in [1.54, 1.807) is 0 Å². The lowest BCUT2D eigenvalue weighted by Gasteiger charge is -2.19. The molecule has 1 aromatic heterocycles. The van der Waals surface area contributed by atoms with Crippen molar-refractivity contribution in [3.05, 3.63) is 6.33 Å². The summed E-state index contributed by atoms with van der Waals surface area (Å²) < 4.78 is 0. The van der Waals surface area contributed by atoms with Gasteiger partial charge < -0.3 is 11.1 Å². The fraction of sp³-hybridized carbons (Fsp3) is 0.786. The summed E-state index contributed by atoms with van der Waals surface area (Å²) in [5.74, 6) is -0.0502. The van der Waals surface area contributed by atoms with Crippen LogP contribution in [0.4, 0.5) is 0 Å². The smallest absolute Gasteiger partial charge is 0.223 e. The lowest BCUT2D eigenvalue weighted by molar-refractivity contribution is -0.130. The summed E-state index contributed by atoms with van der Waals surface area (Å²) in [6.07, 6.45) is 7.55. The Balaban J connectivity index is 1.91. The molecule has 2 rings (SSSR count). The van der Waals surface area contributed by atoms with Crippen LogP contribution in [0.25, 0.3) is 0 Å². The average molecular weight is 308 g/mol. The van der Waals surface area contributed by atoms with E-state index in [0.717, 1.165) is 38.5 Å². The molecule has 0 aliphatic heterocycles. The number of nitrogens with two attached hydrogens (primary N) is 1. The number of rotatable bonds is 9. The quantitative estimate of drug-likeness (QED) is 0.623. The van der Waals surface area contributed by atoms with Crippen molar-refractivity contribution in [2.75, 3.05) is 6.54 Å². The van der Waals surface area contributed by atoms with Crippen molar-refractivity contribution in [2.24, 2.45) is 11.7 Å². The largest absolute Gasteiger partial charge is 0.346 e. The van der Waals surface area contributed by atoms with Crippen LogP contribution in [0.15, 0.2) is 6.33 Å². The number of carbonyl (C=O) groups excluding carboxylic acids is 2. The minimum atomic E-state index is -0.495. The molecule has 1 saturated carbocycles.